The first-order valence-electron chi connectivity index (χ1n) is 6.20. The lowest BCUT2D eigenvalue weighted by molar-refractivity contribution is -0.134. The number of esters is 1. The second-order valence-corrected chi connectivity index (χ2v) is 4.82. The second-order valence-electron chi connectivity index (χ2n) is 4.82. The highest BCUT2D eigenvalue weighted by Gasteiger charge is 2.34. The molecule has 2 aromatic carbocycles. The number of hydrogen-bond acceptors (Lipinski definition) is 6. The van der Waals surface area contributed by atoms with Crippen molar-refractivity contribution < 1.29 is 30.0 Å². The quantitative estimate of drug-likeness (QED) is 0.281. The van der Waals surface area contributed by atoms with Crippen molar-refractivity contribution in [3.63, 3.8) is 0 Å². The minimum atomic E-state index is -2.53. The average Bonchev–Trinajstić information content (AvgIpc) is 2.80. The molecule has 0 atom stereocenters. The van der Waals surface area contributed by atoms with E-state index >= 15 is 0 Å². The van der Waals surface area contributed by atoms with Gasteiger partial charge in [0.2, 0.25) is 5.79 Å². The summed E-state index contributed by atoms with van der Waals surface area (Å²) in [5.41, 5.74) is 0.392. The predicted octanol–water partition coefficient (Wildman–Crippen LogP) is 0.745. The zero-order valence-corrected chi connectivity index (χ0v) is 10.8. The molecular weight excluding hydrogens is 276 g/mol. The summed E-state index contributed by atoms with van der Waals surface area (Å²) in [6.07, 6.45) is 0.136. The molecule has 1 heterocycles. The van der Waals surface area contributed by atoms with Gasteiger partial charge in [0, 0.05) is 11.1 Å². The minimum absolute atomic E-state index is 0.0110. The normalized spacial score (nSPS) is 13.9. The van der Waals surface area contributed by atoms with Gasteiger partial charge in [-0.15, -0.1) is 0 Å². The van der Waals surface area contributed by atoms with E-state index in [1.54, 1.807) is 6.07 Å². The Balaban J connectivity index is 2.09. The Hall–Kier alpha value is -2.57. The summed E-state index contributed by atoms with van der Waals surface area (Å²) in [7, 11) is 0. The number of phenols is 2. The lowest BCUT2D eigenvalue weighted by Gasteiger charge is -2.24. The van der Waals surface area contributed by atoms with Crippen LogP contribution in [0.5, 0.6) is 17.2 Å². The van der Waals surface area contributed by atoms with Gasteiger partial charge in [-0.3, -0.25) is 4.79 Å². The van der Waals surface area contributed by atoms with Gasteiger partial charge in [0.05, 0.1) is 12.0 Å². The molecule has 0 aliphatic carbocycles. The van der Waals surface area contributed by atoms with Crippen LogP contribution in [0.4, 0.5) is 0 Å². The van der Waals surface area contributed by atoms with Gasteiger partial charge in [-0.1, -0.05) is 18.2 Å². The zero-order chi connectivity index (χ0) is 15.2. The van der Waals surface area contributed by atoms with Crippen molar-refractivity contribution in [1.82, 2.24) is 0 Å². The predicted molar refractivity (Wildman–Crippen MR) is 70.8 cm³/mol. The van der Waals surface area contributed by atoms with Crippen molar-refractivity contribution in [1.29, 1.82) is 0 Å². The van der Waals surface area contributed by atoms with Gasteiger partial charge >= 0.3 is 5.97 Å². The first-order valence-corrected chi connectivity index (χ1v) is 6.20. The molecule has 108 valence electrons. The van der Waals surface area contributed by atoms with E-state index in [-0.39, 0.29) is 23.3 Å². The van der Waals surface area contributed by atoms with Gasteiger partial charge in [0.25, 0.3) is 0 Å². The maximum absolute atomic E-state index is 11.2. The molecule has 0 saturated heterocycles. The monoisotopic (exact) mass is 288 g/mol. The largest absolute Gasteiger partial charge is 0.504 e. The number of phenolic OH excluding ortho intramolecular Hbond substituents is 2. The third-order valence-electron chi connectivity index (χ3n) is 3.42. The molecule has 6 nitrogen and oxygen atoms in total. The van der Waals surface area contributed by atoms with Gasteiger partial charge in [0.15, 0.2) is 11.5 Å². The molecule has 0 aromatic heterocycles. The molecular formula is C15H12O6. The fraction of sp³-hybridized carbons (Fsp3) is 0.133. The summed E-state index contributed by atoms with van der Waals surface area (Å²) in [5.74, 6) is -3.78. The fourth-order valence-corrected chi connectivity index (χ4v) is 2.29. The minimum Gasteiger partial charge on any atom is -0.504 e. The van der Waals surface area contributed by atoms with Crippen molar-refractivity contribution in [2.24, 2.45) is 0 Å². The lowest BCUT2D eigenvalue weighted by Crippen LogP contribution is -2.26. The van der Waals surface area contributed by atoms with E-state index in [0.717, 1.165) is 0 Å². The Labute approximate surface area is 119 Å². The number of carbonyl (C=O) groups is 1. The first-order chi connectivity index (χ1) is 9.89. The number of rotatable bonds is 2. The highest BCUT2D eigenvalue weighted by Crippen LogP contribution is 2.40. The number of ether oxygens (including phenoxy) is 1. The number of aromatic hydroxyl groups is 2. The molecule has 4 N–H and O–H groups in total. The van der Waals surface area contributed by atoms with Crippen LogP contribution in [0, 0.1) is 0 Å². The highest BCUT2D eigenvalue weighted by atomic mass is 16.5. The topological polar surface area (TPSA) is 107 Å². The van der Waals surface area contributed by atoms with Crippen molar-refractivity contribution in [2.45, 2.75) is 12.2 Å². The molecule has 0 amide bonds. The third kappa shape index (κ3) is 2.10. The number of carbonyl (C=O) groups excluding carboxylic acids is 1. The molecule has 6 heteroatoms. The summed E-state index contributed by atoms with van der Waals surface area (Å²) >= 11 is 0. The zero-order valence-electron chi connectivity index (χ0n) is 10.8. The maximum atomic E-state index is 11.2. The first kappa shape index (κ1) is 13.4. The van der Waals surface area contributed by atoms with E-state index in [1.807, 2.05) is 0 Å². The number of fused-ring (bicyclic) bond motifs is 1. The summed E-state index contributed by atoms with van der Waals surface area (Å²) < 4.78 is 4.96. The van der Waals surface area contributed by atoms with Crippen LogP contribution in [0.1, 0.15) is 16.7 Å². The van der Waals surface area contributed by atoms with Crippen molar-refractivity contribution >= 4 is 5.97 Å². The number of para-hydroxylation sites is 1. The van der Waals surface area contributed by atoms with E-state index in [4.69, 9.17) is 4.74 Å². The highest BCUT2D eigenvalue weighted by molar-refractivity contribution is 5.81. The number of benzene rings is 2. The molecule has 0 unspecified atom stereocenters. The van der Waals surface area contributed by atoms with Crippen LogP contribution in [-0.2, 0) is 17.0 Å². The van der Waals surface area contributed by atoms with E-state index in [1.165, 1.54) is 30.3 Å². The van der Waals surface area contributed by atoms with Gasteiger partial charge in [-0.25, -0.2) is 0 Å². The number of aliphatic hydroxyl groups is 2. The Kier molecular flexibility index (Phi) is 2.86. The average molecular weight is 288 g/mol. The Morgan fingerprint density at radius 3 is 2.62 bits per heavy atom. The van der Waals surface area contributed by atoms with Crippen LogP contribution in [0.2, 0.25) is 0 Å². The standard InChI is InChI=1S/C15H12O6/c16-11-3-1-2-10(14(11)18)15(19,20)9-5-4-8-6-13(17)21-12(8)7-9/h1-5,7,16,18-20H,6H2. The molecule has 2 aromatic rings. The molecule has 0 saturated carbocycles. The molecule has 3 rings (SSSR count). The smallest absolute Gasteiger partial charge is 0.315 e. The molecule has 0 radical (unpaired) electrons. The van der Waals surface area contributed by atoms with Crippen LogP contribution >= 0.6 is 0 Å². The number of hydrogen-bond donors (Lipinski definition) is 4. The van der Waals surface area contributed by atoms with E-state index in [0.29, 0.717) is 5.56 Å². The fourth-order valence-electron chi connectivity index (χ4n) is 2.29. The second kappa shape index (κ2) is 4.47. The van der Waals surface area contributed by atoms with Crippen LogP contribution in [0.15, 0.2) is 36.4 Å². The van der Waals surface area contributed by atoms with Crippen LogP contribution < -0.4 is 4.74 Å². The van der Waals surface area contributed by atoms with E-state index < -0.39 is 23.3 Å². The van der Waals surface area contributed by atoms with E-state index in [9.17, 15) is 25.2 Å². The Bertz CT molecular complexity index is 735. The van der Waals surface area contributed by atoms with Gasteiger partial charge < -0.3 is 25.2 Å². The molecule has 0 bridgehead atoms. The molecule has 21 heavy (non-hydrogen) atoms. The molecule has 0 spiro atoms. The summed E-state index contributed by atoms with van der Waals surface area (Å²) in [6.45, 7) is 0. The molecule has 1 aliphatic heterocycles. The Morgan fingerprint density at radius 2 is 1.86 bits per heavy atom. The summed E-state index contributed by atoms with van der Waals surface area (Å²) in [6, 6.07) is 8.16. The van der Waals surface area contributed by atoms with Gasteiger partial charge in [-0.2, -0.15) is 0 Å². The van der Waals surface area contributed by atoms with Crippen molar-refractivity contribution in [2.75, 3.05) is 0 Å². The van der Waals surface area contributed by atoms with E-state index in [2.05, 4.69) is 0 Å². The van der Waals surface area contributed by atoms with Crippen molar-refractivity contribution in [3.05, 3.63) is 53.1 Å². The third-order valence-corrected chi connectivity index (χ3v) is 3.42. The van der Waals surface area contributed by atoms with Crippen LogP contribution in [0.25, 0.3) is 0 Å². The maximum Gasteiger partial charge on any atom is 0.315 e. The summed E-state index contributed by atoms with van der Waals surface area (Å²) in [4.78, 5) is 11.2. The summed E-state index contributed by atoms with van der Waals surface area (Å²) in [5, 5.41) is 39.8. The Morgan fingerprint density at radius 1 is 1.10 bits per heavy atom. The van der Waals surface area contributed by atoms with Gasteiger partial charge in [-0.05, 0) is 18.2 Å². The SMILES string of the molecule is O=C1Cc2ccc(C(O)(O)c3cccc(O)c3O)cc2O1. The molecule has 1 aliphatic rings. The van der Waals surface area contributed by atoms with Crippen molar-refractivity contribution in [3.8, 4) is 17.2 Å². The van der Waals surface area contributed by atoms with Crippen LogP contribution in [0.3, 0.4) is 0 Å². The van der Waals surface area contributed by atoms with Crippen LogP contribution in [-0.4, -0.2) is 26.4 Å². The lowest BCUT2D eigenvalue weighted by atomic mass is 9.95. The van der Waals surface area contributed by atoms with Gasteiger partial charge in [0.1, 0.15) is 5.75 Å². The molecule has 0 fully saturated rings.